The number of hydrogen-bond donors (Lipinski definition) is 2. The zero-order valence-electron chi connectivity index (χ0n) is 15.8. The van der Waals surface area contributed by atoms with Crippen molar-refractivity contribution in [3.8, 4) is 5.75 Å². The molecule has 0 atom stereocenters. The number of halogens is 1. The molecule has 1 aliphatic rings. The Kier molecular flexibility index (Phi) is 5.16. The second-order valence-corrected chi connectivity index (χ2v) is 7.24. The average molecular weight is 392 g/mol. The van der Waals surface area contributed by atoms with Crippen molar-refractivity contribution in [2.24, 2.45) is 0 Å². The summed E-state index contributed by atoms with van der Waals surface area (Å²) in [5.74, 6) is -1.26. The molecule has 1 aliphatic heterocycles. The van der Waals surface area contributed by atoms with E-state index < -0.39 is 5.82 Å². The van der Waals surface area contributed by atoms with Gasteiger partial charge in [0.15, 0.2) is 0 Å². The molecule has 1 fully saturated rings. The van der Waals surface area contributed by atoms with E-state index in [1.165, 1.54) is 12.1 Å². The van der Waals surface area contributed by atoms with Crippen LogP contribution in [-0.4, -0.2) is 41.0 Å². The molecule has 29 heavy (non-hydrogen) atoms. The van der Waals surface area contributed by atoms with Crippen LogP contribution in [0.25, 0.3) is 10.8 Å². The number of rotatable bonds is 3. The number of fused-ring (bicyclic) bond motifs is 1. The van der Waals surface area contributed by atoms with E-state index in [9.17, 15) is 19.1 Å². The molecule has 0 radical (unpaired) electrons. The number of likely N-dealkylation sites (tertiary alicyclic amines) is 1. The molecular formula is C23H21FN2O3. The fourth-order valence-corrected chi connectivity index (χ4v) is 3.71. The van der Waals surface area contributed by atoms with E-state index in [1.54, 1.807) is 29.2 Å². The number of nitrogens with one attached hydrogen (secondary N) is 1. The average Bonchev–Trinajstić information content (AvgIpc) is 2.73. The van der Waals surface area contributed by atoms with Gasteiger partial charge in [-0.15, -0.1) is 0 Å². The van der Waals surface area contributed by atoms with Crippen LogP contribution < -0.4 is 5.32 Å². The van der Waals surface area contributed by atoms with E-state index >= 15 is 0 Å². The molecule has 4 rings (SSSR count). The Morgan fingerprint density at radius 3 is 2.24 bits per heavy atom. The number of amides is 2. The molecule has 148 valence electrons. The van der Waals surface area contributed by atoms with E-state index in [2.05, 4.69) is 5.32 Å². The van der Waals surface area contributed by atoms with Crippen molar-refractivity contribution in [3.63, 3.8) is 0 Å². The highest BCUT2D eigenvalue weighted by atomic mass is 19.1. The molecule has 2 amide bonds. The van der Waals surface area contributed by atoms with Gasteiger partial charge in [0, 0.05) is 19.1 Å². The maximum atomic E-state index is 13.9. The number of carbonyl (C=O) groups excluding carboxylic acids is 2. The second-order valence-electron chi connectivity index (χ2n) is 7.24. The molecule has 1 heterocycles. The summed E-state index contributed by atoms with van der Waals surface area (Å²) in [6, 6.07) is 16.6. The van der Waals surface area contributed by atoms with Crippen LogP contribution in [0.3, 0.4) is 0 Å². The summed E-state index contributed by atoms with van der Waals surface area (Å²) < 4.78 is 13.9. The summed E-state index contributed by atoms with van der Waals surface area (Å²) in [5.41, 5.74) is 0.296. The van der Waals surface area contributed by atoms with E-state index in [-0.39, 0.29) is 34.7 Å². The molecule has 0 aliphatic carbocycles. The van der Waals surface area contributed by atoms with Gasteiger partial charge in [0.1, 0.15) is 11.6 Å². The molecule has 0 unspecified atom stereocenters. The molecule has 0 bridgehead atoms. The summed E-state index contributed by atoms with van der Waals surface area (Å²) in [6.07, 6.45) is 1.14. The monoisotopic (exact) mass is 392 g/mol. The smallest absolute Gasteiger partial charge is 0.256 e. The van der Waals surface area contributed by atoms with Crippen molar-refractivity contribution in [2.75, 3.05) is 13.1 Å². The number of phenolic OH excluding ortho intramolecular Hbond substituents is 1. The fraction of sp³-hybridized carbons (Fsp3) is 0.217. The molecule has 3 aromatic rings. The van der Waals surface area contributed by atoms with Crippen LogP contribution in [0.2, 0.25) is 0 Å². The molecule has 2 N–H and O–H groups in total. The first-order valence-corrected chi connectivity index (χ1v) is 9.59. The number of hydrogen-bond acceptors (Lipinski definition) is 3. The first kappa shape index (κ1) is 18.9. The first-order valence-electron chi connectivity index (χ1n) is 9.59. The van der Waals surface area contributed by atoms with Crippen LogP contribution in [0.15, 0.2) is 60.7 Å². The van der Waals surface area contributed by atoms with Gasteiger partial charge in [-0.2, -0.15) is 0 Å². The lowest BCUT2D eigenvalue weighted by Crippen LogP contribution is -2.46. The maximum absolute atomic E-state index is 13.9. The third-order valence-corrected chi connectivity index (χ3v) is 5.33. The number of aromatic hydroxyl groups is 1. The van der Waals surface area contributed by atoms with Gasteiger partial charge in [-0.1, -0.05) is 36.4 Å². The van der Waals surface area contributed by atoms with Crippen molar-refractivity contribution in [1.29, 1.82) is 0 Å². The summed E-state index contributed by atoms with van der Waals surface area (Å²) >= 11 is 0. The van der Waals surface area contributed by atoms with Crippen LogP contribution in [0, 0.1) is 5.82 Å². The normalized spacial score (nSPS) is 14.7. The number of carbonyl (C=O) groups is 2. The van der Waals surface area contributed by atoms with Crippen LogP contribution in [0.1, 0.15) is 33.6 Å². The van der Waals surface area contributed by atoms with Crippen LogP contribution >= 0.6 is 0 Å². The van der Waals surface area contributed by atoms with Crippen molar-refractivity contribution in [2.45, 2.75) is 18.9 Å². The highest BCUT2D eigenvalue weighted by molar-refractivity contribution is 6.01. The zero-order chi connectivity index (χ0) is 20.4. The number of phenols is 1. The predicted octanol–water partition coefficient (Wildman–Crippen LogP) is 3.72. The van der Waals surface area contributed by atoms with E-state index in [4.69, 9.17) is 0 Å². The molecule has 0 spiro atoms. The molecule has 5 nitrogen and oxygen atoms in total. The number of piperidine rings is 1. The molecule has 1 saturated heterocycles. The maximum Gasteiger partial charge on any atom is 0.256 e. The van der Waals surface area contributed by atoms with Gasteiger partial charge in [-0.3, -0.25) is 9.59 Å². The van der Waals surface area contributed by atoms with Crippen LogP contribution in [0.4, 0.5) is 4.39 Å². The largest absolute Gasteiger partial charge is 0.507 e. The van der Waals surface area contributed by atoms with Gasteiger partial charge in [0.25, 0.3) is 11.8 Å². The topological polar surface area (TPSA) is 69.6 Å². The third kappa shape index (κ3) is 3.92. The Bertz CT molecular complexity index is 1070. The Hall–Kier alpha value is -3.41. The molecule has 0 saturated carbocycles. The summed E-state index contributed by atoms with van der Waals surface area (Å²) in [7, 11) is 0. The Morgan fingerprint density at radius 2 is 1.55 bits per heavy atom. The lowest BCUT2D eigenvalue weighted by Gasteiger charge is -2.32. The number of benzene rings is 3. The van der Waals surface area contributed by atoms with Gasteiger partial charge in [-0.25, -0.2) is 4.39 Å². The molecule has 6 heteroatoms. The summed E-state index contributed by atoms with van der Waals surface area (Å²) in [5, 5.41) is 14.9. The summed E-state index contributed by atoms with van der Waals surface area (Å²) in [6.45, 7) is 0.865. The minimum absolute atomic E-state index is 0.0617. The van der Waals surface area contributed by atoms with Crippen molar-refractivity contribution in [3.05, 3.63) is 77.6 Å². The lowest BCUT2D eigenvalue weighted by molar-refractivity contribution is 0.0693. The zero-order valence-corrected chi connectivity index (χ0v) is 15.8. The summed E-state index contributed by atoms with van der Waals surface area (Å²) in [4.78, 5) is 26.8. The van der Waals surface area contributed by atoms with Gasteiger partial charge >= 0.3 is 0 Å². The highest BCUT2D eigenvalue weighted by Gasteiger charge is 2.26. The SMILES string of the molecule is O=C(NC1CCN(C(=O)c2ccccc2F)CC1)c1cc2ccccc2cc1O. The van der Waals surface area contributed by atoms with Crippen molar-refractivity contribution in [1.82, 2.24) is 10.2 Å². The van der Waals surface area contributed by atoms with Gasteiger partial charge in [0.2, 0.25) is 0 Å². The van der Waals surface area contributed by atoms with Crippen molar-refractivity contribution >= 4 is 22.6 Å². The number of nitrogens with zero attached hydrogens (tertiary/aromatic N) is 1. The van der Waals surface area contributed by atoms with Crippen molar-refractivity contribution < 1.29 is 19.1 Å². The molecule has 0 aromatic heterocycles. The Balaban J connectivity index is 1.40. The molecule has 3 aromatic carbocycles. The molecular weight excluding hydrogens is 371 g/mol. The minimum atomic E-state index is -0.528. The lowest BCUT2D eigenvalue weighted by atomic mass is 10.0. The van der Waals surface area contributed by atoms with Crippen LogP contribution in [-0.2, 0) is 0 Å². The highest BCUT2D eigenvalue weighted by Crippen LogP contribution is 2.25. The Labute approximate surface area is 167 Å². The quantitative estimate of drug-likeness (QED) is 0.714. The fourth-order valence-electron chi connectivity index (χ4n) is 3.71. The van der Waals surface area contributed by atoms with E-state index in [0.29, 0.717) is 25.9 Å². The van der Waals surface area contributed by atoms with Gasteiger partial charge in [0.05, 0.1) is 11.1 Å². The standard InChI is InChI=1S/C23H21FN2O3/c24-20-8-4-3-7-18(20)23(29)26-11-9-17(10-12-26)25-22(28)19-13-15-5-1-2-6-16(15)14-21(19)27/h1-8,13-14,17,27H,9-12H2,(H,25,28). The van der Waals surface area contributed by atoms with Gasteiger partial charge in [-0.05, 0) is 47.9 Å². The predicted molar refractivity (Wildman–Crippen MR) is 108 cm³/mol. The van der Waals surface area contributed by atoms with Crippen LogP contribution in [0.5, 0.6) is 5.75 Å². The second kappa shape index (κ2) is 7.91. The third-order valence-electron chi connectivity index (χ3n) is 5.33. The minimum Gasteiger partial charge on any atom is -0.507 e. The van der Waals surface area contributed by atoms with E-state index in [1.807, 2.05) is 24.3 Å². The first-order chi connectivity index (χ1) is 14.0. The Morgan fingerprint density at radius 1 is 0.931 bits per heavy atom. The van der Waals surface area contributed by atoms with E-state index in [0.717, 1.165) is 10.8 Å². The van der Waals surface area contributed by atoms with Gasteiger partial charge < -0.3 is 15.3 Å².